The second kappa shape index (κ2) is 3.81. The highest BCUT2D eigenvalue weighted by atomic mass is 15.2. The van der Waals surface area contributed by atoms with Crippen LogP contribution in [-0.4, -0.2) is 49.6 Å². The van der Waals surface area contributed by atoms with Crippen molar-refractivity contribution in [1.82, 2.24) is 9.80 Å². The standard InChI is InChI=1S/C11H20N2/c1-3-5-13-8-10-4-6-12(2)7-11(10)9-13/h3,10-11H,1,4-9H2,2H3. The molecule has 74 valence electrons. The van der Waals surface area contributed by atoms with Gasteiger partial charge in [-0.2, -0.15) is 0 Å². The number of hydrogen-bond acceptors (Lipinski definition) is 2. The lowest BCUT2D eigenvalue weighted by Crippen LogP contribution is -2.37. The molecule has 2 rings (SSSR count). The normalized spacial score (nSPS) is 36.1. The van der Waals surface area contributed by atoms with E-state index in [1.165, 1.54) is 32.6 Å². The zero-order chi connectivity index (χ0) is 9.26. The first-order chi connectivity index (χ1) is 6.29. The molecule has 0 amide bonds. The molecule has 0 spiro atoms. The molecule has 2 saturated heterocycles. The van der Waals surface area contributed by atoms with E-state index in [9.17, 15) is 0 Å². The summed E-state index contributed by atoms with van der Waals surface area (Å²) in [5.41, 5.74) is 0. The van der Waals surface area contributed by atoms with E-state index < -0.39 is 0 Å². The molecule has 2 aliphatic rings. The van der Waals surface area contributed by atoms with Crippen molar-refractivity contribution in [2.75, 3.05) is 39.8 Å². The van der Waals surface area contributed by atoms with Crippen LogP contribution >= 0.6 is 0 Å². The van der Waals surface area contributed by atoms with Crippen LogP contribution in [0, 0.1) is 11.8 Å². The average molecular weight is 180 g/mol. The molecule has 0 saturated carbocycles. The summed E-state index contributed by atoms with van der Waals surface area (Å²) in [6.07, 6.45) is 3.43. The van der Waals surface area contributed by atoms with Crippen LogP contribution in [0.15, 0.2) is 12.7 Å². The van der Waals surface area contributed by atoms with Gasteiger partial charge in [-0.3, -0.25) is 4.90 Å². The van der Waals surface area contributed by atoms with Crippen LogP contribution in [0.5, 0.6) is 0 Å². The second-order valence-corrected chi connectivity index (χ2v) is 4.58. The van der Waals surface area contributed by atoms with Gasteiger partial charge >= 0.3 is 0 Å². The summed E-state index contributed by atoms with van der Waals surface area (Å²) in [6, 6.07) is 0. The van der Waals surface area contributed by atoms with Crippen LogP contribution in [0.3, 0.4) is 0 Å². The molecule has 2 atom stereocenters. The Morgan fingerprint density at radius 2 is 2.08 bits per heavy atom. The van der Waals surface area contributed by atoms with Crippen LogP contribution in [0.2, 0.25) is 0 Å². The predicted octanol–water partition coefficient (Wildman–Crippen LogP) is 1.06. The second-order valence-electron chi connectivity index (χ2n) is 4.58. The fourth-order valence-electron chi connectivity index (χ4n) is 2.78. The average Bonchev–Trinajstić information content (AvgIpc) is 2.46. The third-order valence-electron chi connectivity index (χ3n) is 3.47. The highest BCUT2D eigenvalue weighted by Crippen LogP contribution is 2.30. The van der Waals surface area contributed by atoms with Gasteiger partial charge in [-0.05, 0) is 31.8 Å². The number of hydrogen-bond donors (Lipinski definition) is 0. The van der Waals surface area contributed by atoms with Crippen molar-refractivity contribution in [2.45, 2.75) is 6.42 Å². The fraction of sp³-hybridized carbons (Fsp3) is 0.818. The van der Waals surface area contributed by atoms with Gasteiger partial charge in [0.25, 0.3) is 0 Å². The van der Waals surface area contributed by atoms with E-state index in [4.69, 9.17) is 0 Å². The van der Waals surface area contributed by atoms with Gasteiger partial charge in [0.1, 0.15) is 0 Å². The van der Waals surface area contributed by atoms with Crippen molar-refractivity contribution in [2.24, 2.45) is 11.8 Å². The van der Waals surface area contributed by atoms with Crippen LogP contribution in [0.1, 0.15) is 6.42 Å². The minimum atomic E-state index is 0.929. The molecular formula is C11H20N2. The van der Waals surface area contributed by atoms with Crippen molar-refractivity contribution in [3.05, 3.63) is 12.7 Å². The molecule has 13 heavy (non-hydrogen) atoms. The molecular weight excluding hydrogens is 160 g/mol. The minimum Gasteiger partial charge on any atom is -0.306 e. The molecule has 2 aliphatic heterocycles. The number of nitrogens with zero attached hydrogens (tertiary/aromatic N) is 2. The lowest BCUT2D eigenvalue weighted by atomic mass is 9.89. The molecule has 0 aromatic heterocycles. The topological polar surface area (TPSA) is 6.48 Å². The van der Waals surface area contributed by atoms with E-state index in [2.05, 4.69) is 23.4 Å². The Kier molecular flexibility index (Phi) is 2.70. The third kappa shape index (κ3) is 1.94. The maximum absolute atomic E-state index is 3.80. The Labute approximate surface area is 81.2 Å². The van der Waals surface area contributed by atoms with Gasteiger partial charge in [0.2, 0.25) is 0 Å². The highest BCUT2D eigenvalue weighted by molar-refractivity contribution is 4.91. The summed E-state index contributed by atoms with van der Waals surface area (Å²) in [5, 5.41) is 0. The monoisotopic (exact) mass is 180 g/mol. The Balaban J connectivity index is 1.90. The number of likely N-dealkylation sites (tertiary alicyclic amines) is 2. The Hall–Kier alpha value is -0.340. The maximum Gasteiger partial charge on any atom is 0.0160 e. The van der Waals surface area contributed by atoms with Crippen molar-refractivity contribution < 1.29 is 0 Å². The van der Waals surface area contributed by atoms with Crippen LogP contribution in [0.25, 0.3) is 0 Å². The van der Waals surface area contributed by atoms with Gasteiger partial charge in [-0.25, -0.2) is 0 Å². The molecule has 0 radical (unpaired) electrons. The number of piperidine rings is 1. The first-order valence-electron chi connectivity index (χ1n) is 5.31. The molecule has 0 aliphatic carbocycles. The van der Waals surface area contributed by atoms with Gasteiger partial charge in [-0.1, -0.05) is 6.08 Å². The lowest BCUT2D eigenvalue weighted by Gasteiger charge is -2.31. The summed E-state index contributed by atoms with van der Waals surface area (Å²) < 4.78 is 0. The predicted molar refractivity (Wildman–Crippen MR) is 55.7 cm³/mol. The van der Waals surface area contributed by atoms with E-state index in [-0.39, 0.29) is 0 Å². The summed E-state index contributed by atoms with van der Waals surface area (Å²) in [5.74, 6) is 1.90. The molecule has 2 nitrogen and oxygen atoms in total. The minimum absolute atomic E-state index is 0.929. The Morgan fingerprint density at radius 3 is 2.85 bits per heavy atom. The fourth-order valence-corrected chi connectivity index (χ4v) is 2.78. The van der Waals surface area contributed by atoms with Crippen molar-refractivity contribution in [1.29, 1.82) is 0 Å². The summed E-state index contributed by atoms with van der Waals surface area (Å²) >= 11 is 0. The molecule has 0 aromatic rings. The SMILES string of the molecule is C=CCN1CC2CCN(C)CC2C1. The van der Waals surface area contributed by atoms with Crippen LogP contribution in [0.4, 0.5) is 0 Å². The Bertz CT molecular complexity index is 191. The first-order valence-corrected chi connectivity index (χ1v) is 5.31. The zero-order valence-electron chi connectivity index (χ0n) is 8.58. The molecule has 2 fully saturated rings. The van der Waals surface area contributed by atoms with Gasteiger partial charge < -0.3 is 4.90 Å². The summed E-state index contributed by atoms with van der Waals surface area (Å²) in [4.78, 5) is 5.01. The number of fused-ring (bicyclic) bond motifs is 1. The molecule has 2 heterocycles. The first kappa shape index (κ1) is 9.22. The zero-order valence-corrected chi connectivity index (χ0v) is 8.58. The quantitative estimate of drug-likeness (QED) is 0.586. The largest absolute Gasteiger partial charge is 0.306 e. The third-order valence-corrected chi connectivity index (χ3v) is 3.47. The molecule has 0 bridgehead atoms. The summed E-state index contributed by atoms with van der Waals surface area (Å²) in [7, 11) is 2.24. The molecule has 2 heteroatoms. The molecule has 2 unspecified atom stereocenters. The lowest BCUT2D eigenvalue weighted by molar-refractivity contribution is 0.178. The van der Waals surface area contributed by atoms with Gasteiger partial charge in [0.15, 0.2) is 0 Å². The van der Waals surface area contributed by atoms with E-state index in [0.29, 0.717) is 0 Å². The van der Waals surface area contributed by atoms with E-state index in [1.54, 1.807) is 0 Å². The molecule has 0 aromatic carbocycles. The molecule has 0 N–H and O–H groups in total. The van der Waals surface area contributed by atoms with Gasteiger partial charge in [-0.15, -0.1) is 6.58 Å². The summed E-state index contributed by atoms with van der Waals surface area (Å²) in [6.45, 7) is 10.1. The highest BCUT2D eigenvalue weighted by Gasteiger charge is 2.35. The maximum atomic E-state index is 3.80. The van der Waals surface area contributed by atoms with Gasteiger partial charge in [0, 0.05) is 26.2 Å². The van der Waals surface area contributed by atoms with E-state index in [0.717, 1.165) is 18.4 Å². The van der Waals surface area contributed by atoms with E-state index in [1.807, 2.05) is 6.08 Å². The Morgan fingerprint density at radius 1 is 1.31 bits per heavy atom. The van der Waals surface area contributed by atoms with Crippen molar-refractivity contribution >= 4 is 0 Å². The smallest absolute Gasteiger partial charge is 0.0160 e. The van der Waals surface area contributed by atoms with Crippen LogP contribution in [-0.2, 0) is 0 Å². The number of rotatable bonds is 2. The van der Waals surface area contributed by atoms with Gasteiger partial charge in [0.05, 0.1) is 0 Å². The van der Waals surface area contributed by atoms with Crippen LogP contribution < -0.4 is 0 Å². The van der Waals surface area contributed by atoms with Crippen molar-refractivity contribution in [3.63, 3.8) is 0 Å². The van der Waals surface area contributed by atoms with E-state index >= 15 is 0 Å². The van der Waals surface area contributed by atoms with Crippen molar-refractivity contribution in [3.8, 4) is 0 Å².